The van der Waals surface area contributed by atoms with Crippen LogP contribution in [0.25, 0.3) is 0 Å². The Balaban J connectivity index is 2.36. The molecule has 0 unspecified atom stereocenters. The Bertz CT molecular complexity index is 612. The zero-order valence-electron chi connectivity index (χ0n) is 8.87. The third kappa shape index (κ3) is 2.54. The molecule has 0 fully saturated rings. The van der Waals surface area contributed by atoms with E-state index in [-0.39, 0.29) is 10.7 Å². The SMILES string of the molecule is Nc1cccnc1S(=O)(=O)Nc1ccccc1. The Hall–Kier alpha value is -2.08. The lowest BCUT2D eigenvalue weighted by molar-refractivity contribution is 0.598. The summed E-state index contributed by atoms with van der Waals surface area (Å²) in [6.07, 6.45) is 1.38. The van der Waals surface area contributed by atoms with Gasteiger partial charge < -0.3 is 5.73 Å². The van der Waals surface area contributed by atoms with Crippen molar-refractivity contribution < 1.29 is 8.42 Å². The van der Waals surface area contributed by atoms with Gasteiger partial charge in [0.05, 0.1) is 5.69 Å². The molecule has 2 rings (SSSR count). The summed E-state index contributed by atoms with van der Waals surface area (Å²) >= 11 is 0. The van der Waals surface area contributed by atoms with Crippen LogP contribution in [0.4, 0.5) is 11.4 Å². The van der Waals surface area contributed by atoms with E-state index < -0.39 is 10.0 Å². The van der Waals surface area contributed by atoms with E-state index in [1.165, 1.54) is 12.3 Å². The van der Waals surface area contributed by atoms with Crippen molar-refractivity contribution in [3.05, 3.63) is 48.7 Å². The fraction of sp³-hybridized carbons (Fsp3) is 0. The highest BCUT2D eigenvalue weighted by molar-refractivity contribution is 7.92. The number of anilines is 2. The van der Waals surface area contributed by atoms with E-state index >= 15 is 0 Å². The van der Waals surface area contributed by atoms with Crippen LogP contribution in [0, 0.1) is 0 Å². The first-order valence-electron chi connectivity index (χ1n) is 4.88. The van der Waals surface area contributed by atoms with Crippen LogP contribution in [0.1, 0.15) is 0 Å². The quantitative estimate of drug-likeness (QED) is 0.862. The predicted molar refractivity (Wildman–Crippen MR) is 65.9 cm³/mol. The topological polar surface area (TPSA) is 85.1 Å². The molecule has 0 saturated heterocycles. The van der Waals surface area contributed by atoms with Gasteiger partial charge >= 0.3 is 0 Å². The molecule has 6 heteroatoms. The number of hydrogen-bond donors (Lipinski definition) is 2. The summed E-state index contributed by atoms with van der Waals surface area (Å²) in [5.41, 5.74) is 6.17. The monoisotopic (exact) mass is 249 g/mol. The highest BCUT2D eigenvalue weighted by Gasteiger charge is 2.18. The molecule has 0 bridgehead atoms. The van der Waals surface area contributed by atoms with Gasteiger partial charge in [0.15, 0.2) is 5.03 Å². The minimum atomic E-state index is -3.73. The number of rotatable bonds is 3. The van der Waals surface area contributed by atoms with Gasteiger partial charge in [0.1, 0.15) is 0 Å². The summed E-state index contributed by atoms with van der Waals surface area (Å²) in [5, 5.41) is -0.163. The van der Waals surface area contributed by atoms with Gasteiger partial charge in [-0.25, -0.2) is 4.98 Å². The predicted octanol–water partition coefficient (Wildman–Crippen LogP) is 1.46. The molecule has 0 amide bonds. The van der Waals surface area contributed by atoms with Crippen LogP contribution in [-0.2, 0) is 10.0 Å². The molecule has 5 nitrogen and oxygen atoms in total. The number of hydrogen-bond acceptors (Lipinski definition) is 4. The van der Waals surface area contributed by atoms with Crippen molar-refractivity contribution in [2.24, 2.45) is 0 Å². The van der Waals surface area contributed by atoms with Gasteiger partial charge in [-0.1, -0.05) is 18.2 Å². The zero-order valence-corrected chi connectivity index (χ0v) is 9.68. The summed E-state index contributed by atoms with van der Waals surface area (Å²) in [7, 11) is -3.73. The van der Waals surface area contributed by atoms with E-state index in [1.54, 1.807) is 36.4 Å². The average Bonchev–Trinajstić information content (AvgIpc) is 2.30. The number of nitrogen functional groups attached to an aromatic ring is 1. The molecule has 1 heterocycles. The van der Waals surface area contributed by atoms with Crippen LogP contribution in [0.3, 0.4) is 0 Å². The molecule has 0 aliphatic carbocycles. The molecule has 17 heavy (non-hydrogen) atoms. The highest BCUT2D eigenvalue weighted by Crippen LogP contribution is 2.18. The Kier molecular flexibility index (Phi) is 2.97. The van der Waals surface area contributed by atoms with Gasteiger partial charge in [0, 0.05) is 11.9 Å². The van der Waals surface area contributed by atoms with Crippen LogP contribution in [-0.4, -0.2) is 13.4 Å². The Morgan fingerprint density at radius 3 is 2.41 bits per heavy atom. The lowest BCUT2D eigenvalue weighted by atomic mass is 10.3. The second-order valence-electron chi connectivity index (χ2n) is 3.37. The highest BCUT2D eigenvalue weighted by atomic mass is 32.2. The summed E-state index contributed by atoms with van der Waals surface area (Å²) < 4.78 is 26.3. The van der Waals surface area contributed by atoms with Gasteiger partial charge in [-0.05, 0) is 24.3 Å². The minimum absolute atomic E-state index is 0.121. The smallest absolute Gasteiger partial charge is 0.281 e. The first-order valence-corrected chi connectivity index (χ1v) is 6.36. The number of sulfonamides is 1. The Morgan fingerprint density at radius 2 is 1.76 bits per heavy atom. The standard InChI is InChI=1S/C11H11N3O2S/c12-10-7-4-8-13-11(10)17(15,16)14-9-5-2-1-3-6-9/h1-8,14H,12H2. The second kappa shape index (κ2) is 4.42. The van der Waals surface area contributed by atoms with Crippen molar-refractivity contribution >= 4 is 21.4 Å². The molecule has 88 valence electrons. The van der Waals surface area contributed by atoms with Gasteiger partial charge in [0.2, 0.25) is 0 Å². The summed E-state index contributed by atoms with van der Waals surface area (Å²) in [6.45, 7) is 0. The van der Waals surface area contributed by atoms with E-state index in [4.69, 9.17) is 5.73 Å². The molecule has 0 atom stereocenters. The zero-order chi connectivity index (χ0) is 12.3. The van der Waals surface area contributed by atoms with Gasteiger partial charge in [-0.3, -0.25) is 4.72 Å². The first-order chi connectivity index (χ1) is 8.09. The molecular formula is C11H11N3O2S. The number of aromatic nitrogens is 1. The van der Waals surface area contributed by atoms with Crippen molar-refractivity contribution in [2.75, 3.05) is 10.5 Å². The lowest BCUT2D eigenvalue weighted by Gasteiger charge is -2.08. The number of nitrogens with zero attached hydrogens (tertiary/aromatic N) is 1. The van der Waals surface area contributed by atoms with E-state index in [9.17, 15) is 8.42 Å². The van der Waals surface area contributed by atoms with Crippen LogP contribution in [0.2, 0.25) is 0 Å². The summed E-state index contributed by atoms with van der Waals surface area (Å²) in [4.78, 5) is 3.77. The molecule has 0 saturated carbocycles. The van der Waals surface area contributed by atoms with Gasteiger partial charge in [0.25, 0.3) is 10.0 Å². The normalized spacial score (nSPS) is 11.1. The van der Waals surface area contributed by atoms with Crippen molar-refractivity contribution in [3.8, 4) is 0 Å². The number of para-hydroxylation sites is 1. The van der Waals surface area contributed by atoms with Crippen molar-refractivity contribution in [3.63, 3.8) is 0 Å². The van der Waals surface area contributed by atoms with E-state index in [1.807, 2.05) is 0 Å². The van der Waals surface area contributed by atoms with Crippen molar-refractivity contribution in [2.45, 2.75) is 5.03 Å². The van der Waals surface area contributed by atoms with E-state index in [0.29, 0.717) is 5.69 Å². The summed E-state index contributed by atoms with van der Waals surface area (Å²) in [5.74, 6) is 0. The molecular weight excluding hydrogens is 238 g/mol. The lowest BCUT2D eigenvalue weighted by Crippen LogP contribution is -2.16. The second-order valence-corrected chi connectivity index (χ2v) is 4.97. The molecule has 3 N–H and O–H groups in total. The molecule has 0 aliphatic heterocycles. The molecule has 2 aromatic rings. The summed E-state index contributed by atoms with van der Waals surface area (Å²) in [6, 6.07) is 11.6. The number of nitrogens with one attached hydrogen (secondary N) is 1. The van der Waals surface area contributed by atoms with Crippen LogP contribution < -0.4 is 10.5 Å². The van der Waals surface area contributed by atoms with Gasteiger partial charge in [-0.15, -0.1) is 0 Å². The molecule has 0 aliphatic rings. The molecule has 0 spiro atoms. The van der Waals surface area contributed by atoms with E-state index in [0.717, 1.165) is 0 Å². The maximum absolute atomic E-state index is 12.0. The maximum Gasteiger partial charge on any atom is 0.281 e. The average molecular weight is 249 g/mol. The van der Waals surface area contributed by atoms with Gasteiger partial charge in [-0.2, -0.15) is 8.42 Å². The van der Waals surface area contributed by atoms with Crippen molar-refractivity contribution in [1.82, 2.24) is 4.98 Å². The van der Waals surface area contributed by atoms with Crippen LogP contribution in [0.5, 0.6) is 0 Å². The minimum Gasteiger partial charge on any atom is -0.396 e. The van der Waals surface area contributed by atoms with Crippen LogP contribution >= 0.6 is 0 Å². The molecule has 0 radical (unpaired) electrons. The maximum atomic E-state index is 12.0. The Labute approximate surface area is 99.4 Å². The van der Waals surface area contributed by atoms with Crippen molar-refractivity contribution in [1.29, 1.82) is 0 Å². The third-order valence-electron chi connectivity index (χ3n) is 2.08. The van der Waals surface area contributed by atoms with E-state index in [2.05, 4.69) is 9.71 Å². The number of nitrogens with two attached hydrogens (primary N) is 1. The third-order valence-corrected chi connectivity index (χ3v) is 3.44. The Morgan fingerprint density at radius 1 is 1.06 bits per heavy atom. The first kappa shape index (κ1) is 11.4. The number of pyridine rings is 1. The molecule has 1 aromatic carbocycles. The molecule has 1 aromatic heterocycles. The fourth-order valence-corrected chi connectivity index (χ4v) is 2.46. The van der Waals surface area contributed by atoms with Crippen LogP contribution in [0.15, 0.2) is 53.7 Å². The number of benzene rings is 1. The largest absolute Gasteiger partial charge is 0.396 e. The fourth-order valence-electron chi connectivity index (χ4n) is 1.34.